The molecule has 15 heteroatoms. The number of aromatic carboxylic acids is 2. The van der Waals surface area contributed by atoms with Crippen LogP contribution >= 0.6 is 0 Å². The second kappa shape index (κ2) is 31.9. The van der Waals surface area contributed by atoms with Crippen LogP contribution in [0.25, 0.3) is 0 Å². The molecule has 0 amide bonds. The Bertz CT molecular complexity index is 534. The van der Waals surface area contributed by atoms with Gasteiger partial charge in [0.1, 0.15) is 12.2 Å². The first-order valence-electron chi connectivity index (χ1n) is 6.78. The number of carbonyl (C=O) groups is 4. The quantitative estimate of drug-likeness (QED) is 0.0818. The predicted molar refractivity (Wildman–Crippen MR) is 81.2 cm³/mol. The maximum Gasteiger partial charge on any atom is 0.313 e. The fourth-order valence-corrected chi connectivity index (χ4v) is 1.25. The molecular formula is C14H24Cu4N4O7. The summed E-state index contributed by atoms with van der Waals surface area (Å²) in [6.07, 6.45) is -0.103. The van der Waals surface area contributed by atoms with Crippen molar-refractivity contribution in [1.82, 2.24) is 0 Å². The van der Waals surface area contributed by atoms with Gasteiger partial charge in [0.2, 0.25) is 0 Å². The zero-order chi connectivity index (χ0) is 20.4. The largest absolute Gasteiger partial charge is 0.545 e. The number of hydrogen-bond donors (Lipinski definition) is 4. The molecule has 1 aromatic rings. The van der Waals surface area contributed by atoms with Crippen LogP contribution in [-0.4, -0.2) is 30.3 Å². The van der Waals surface area contributed by atoms with Gasteiger partial charge in [-0.25, -0.2) is 0 Å². The fourth-order valence-electron chi connectivity index (χ4n) is 1.25. The summed E-state index contributed by atoms with van der Waals surface area (Å²) in [6.45, 7) is 3.40. The summed E-state index contributed by atoms with van der Waals surface area (Å²) in [5.74, 6) is 10.4. The predicted octanol–water partition coefficient (Wildman–Crippen LogP) is -4.86. The Morgan fingerprint density at radius 3 is 1.38 bits per heavy atom. The number of carbonyl (C=O) groups excluding carboxylic acids is 4. The topological polar surface area (TPSA) is 231 Å². The Balaban J connectivity index is -0.0000000519. The van der Waals surface area contributed by atoms with Gasteiger partial charge in [-0.3, -0.25) is 21.3 Å². The van der Waals surface area contributed by atoms with Crippen molar-refractivity contribution < 1.29 is 114 Å². The van der Waals surface area contributed by atoms with Crippen LogP contribution < -0.4 is 33.6 Å². The Kier molecular flexibility index (Phi) is 51.1. The third kappa shape index (κ3) is 27.2. The first-order chi connectivity index (χ1) is 11.8. The third-order valence-electron chi connectivity index (χ3n) is 2.07. The molecule has 29 heavy (non-hydrogen) atoms. The van der Waals surface area contributed by atoms with Gasteiger partial charge >= 0.3 is 5.97 Å². The zero-order valence-electron chi connectivity index (χ0n) is 15.4. The van der Waals surface area contributed by atoms with Crippen LogP contribution in [0.1, 0.15) is 41.0 Å². The van der Waals surface area contributed by atoms with Crippen molar-refractivity contribution in [3.8, 4) is 0 Å². The summed E-state index contributed by atoms with van der Waals surface area (Å²) < 4.78 is 4.49. The van der Waals surface area contributed by atoms with Crippen molar-refractivity contribution in [2.24, 2.45) is 11.7 Å². The summed E-state index contributed by atoms with van der Waals surface area (Å²) in [5.41, 5.74) is -0.727. The molecule has 0 saturated carbocycles. The molecule has 11 nitrogen and oxygen atoms in total. The molecule has 0 bridgehead atoms. The summed E-state index contributed by atoms with van der Waals surface area (Å²) in [6, 6.07) is 5.14. The second-order valence-corrected chi connectivity index (χ2v) is 3.80. The van der Waals surface area contributed by atoms with E-state index in [0.717, 1.165) is 12.1 Å². The van der Waals surface area contributed by atoms with E-state index in [9.17, 15) is 29.4 Å². The minimum Gasteiger partial charge on any atom is -0.545 e. The van der Waals surface area contributed by atoms with Crippen LogP contribution in [0.5, 0.6) is 0 Å². The molecule has 0 aliphatic carbocycles. The molecule has 0 aliphatic heterocycles. The normalized spacial score (nSPS) is 6.97. The number of nitrogens with two attached hydrogens (primary N) is 2. The summed E-state index contributed by atoms with van der Waals surface area (Å²) in [5, 5.41) is 20.6. The number of Topliss-reactive ketones (excluding diaryl/α,β-unsaturated/α-hetero) is 1. The number of carboxylic acid groups (broad SMARTS) is 2. The van der Waals surface area contributed by atoms with E-state index in [-0.39, 0.29) is 91.6 Å². The van der Waals surface area contributed by atoms with E-state index in [0.29, 0.717) is 6.61 Å². The van der Waals surface area contributed by atoms with E-state index in [1.807, 2.05) is 0 Å². The fraction of sp³-hybridized carbons (Fsp3) is 0.286. The first-order valence-corrected chi connectivity index (χ1v) is 6.78. The standard InChI is InChI=1S/C8H6O4.C6H10O3.4Cu.2H4N2/c9-7(10)5-3-1-2-4-6(5)8(11)12;1-3-9-6(8)4-5(2)7;;;;;2*1-2/h1-4H,(H,9,10)(H,11,12);3-4H2,1-2H3;;;;;2*1-2H2. The molecule has 1 aromatic carbocycles. The van der Waals surface area contributed by atoms with Crippen molar-refractivity contribution in [3.05, 3.63) is 35.4 Å². The number of benzene rings is 1. The Morgan fingerprint density at radius 1 is 0.862 bits per heavy atom. The molecule has 1 rings (SSSR count). The van der Waals surface area contributed by atoms with Gasteiger partial charge in [0, 0.05) is 79.4 Å². The van der Waals surface area contributed by atoms with Crippen LogP contribution in [0.2, 0.25) is 0 Å². The monoisotopic (exact) mass is 612 g/mol. The number of rotatable bonds is 5. The molecule has 0 aromatic heterocycles. The van der Waals surface area contributed by atoms with E-state index >= 15 is 0 Å². The molecule has 0 heterocycles. The molecule has 0 saturated heterocycles. The van der Waals surface area contributed by atoms with E-state index in [2.05, 4.69) is 28.1 Å². The molecule has 0 atom stereocenters. The van der Waals surface area contributed by atoms with Crippen LogP contribution in [0, 0.1) is 0 Å². The summed E-state index contributed by atoms with van der Waals surface area (Å²) in [7, 11) is 0. The van der Waals surface area contributed by atoms with Gasteiger partial charge in [0.15, 0.2) is 0 Å². The number of hydrogen-bond acceptors (Lipinski definition) is 9. The van der Waals surface area contributed by atoms with Crippen molar-refractivity contribution in [2.45, 2.75) is 20.3 Å². The summed E-state index contributed by atoms with van der Waals surface area (Å²) in [4.78, 5) is 41.3. The van der Waals surface area contributed by atoms with Gasteiger partial charge in [-0.1, -0.05) is 24.3 Å². The molecule has 0 aliphatic rings. The van der Waals surface area contributed by atoms with Crippen molar-refractivity contribution in [3.63, 3.8) is 0 Å². The SMILES string of the molecule is CCOC(=O)CC(C)=O.N[NH3+].N[NH3+].O=C([O-])c1ccccc1C(=O)[O-].[Cu].[Cu].[Cu].[Cu]. The number of quaternary nitrogens is 2. The average Bonchev–Trinajstić information content (AvgIpc) is 2.58. The van der Waals surface area contributed by atoms with E-state index < -0.39 is 17.9 Å². The van der Waals surface area contributed by atoms with Crippen LogP contribution in [0.15, 0.2) is 24.3 Å². The molecule has 0 unspecified atom stereocenters. The number of ketones is 1. The Labute approximate surface area is 210 Å². The van der Waals surface area contributed by atoms with E-state index in [4.69, 9.17) is 0 Å². The molecule has 186 valence electrons. The minimum absolute atomic E-state index is 0. The van der Waals surface area contributed by atoms with Crippen LogP contribution in [-0.2, 0) is 82.6 Å². The van der Waals surface area contributed by atoms with Crippen LogP contribution in [0.4, 0.5) is 0 Å². The Morgan fingerprint density at radius 2 is 1.17 bits per heavy atom. The van der Waals surface area contributed by atoms with E-state index in [1.165, 1.54) is 19.1 Å². The molecule has 0 spiro atoms. The van der Waals surface area contributed by atoms with Crippen molar-refractivity contribution in [2.75, 3.05) is 6.61 Å². The van der Waals surface area contributed by atoms with Gasteiger partial charge < -0.3 is 24.5 Å². The molecule has 0 fully saturated rings. The van der Waals surface area contributed by atoms with Gasteiger partial charge in [0.05, 0.1) is 18.5 Å². The molecule has 10 N–H and O–H groups in total. The minimum atomic E-state index is -1.52. The maximum absolute atomic E-state index is 10.4. The van der Waals surface area contributed by atoms with Gasteiger partial charge in [-0.05, 0) is 13.8 Å². The van der Waals surface area contributed by atoms with Gasteiger partial charge in [-0.15, -0.1) is 0 Å². The third-order valence-corrected chi connectivity index (χ3v) is 2.07. The maximum atomic E-state index is 10.4. The smallest absolute Gasteiger partial charge is 0.313 e. The van der Waals surface area contributed by atoms with Gasteiger partial charge in [0.25, 0.3) is 0 Å². The van der Waals surface area contributed by atoms with E-state index in [1.54, 1.807) is 6.92 Å². The molecule has 4 radical (unpaired) electrons. The zero-order valence-corrected chi connectivity index (χ0v) is 19.1. The van der Waals surface area contributed by atoms with Crippen LogP contribution in [0.3, 0.4) is 0 Å². The first kappa shape index (κ1) is 46.4. The Hall–Kier alpha value is -0.782. The average molecular weight is 615 g/mol. The van der Waals surface area contributed by atoms with Gasteiger partial charge in [-0.2, -0.15) is 11.7 Å². The van der Waals surface area contributed by atoms with Crippen molar-refractivity contribution >= 4 is 23.7 Å². The number of ether oxygens (including phenoxy) is 1. The van der Waals surface area contributed by atoms with Crippen molar-refractivity contribution in [1.29, 1.82) is 0 Å². The number of esters is 1. The second-order valence-electron chi connectivity index (χ2n) is 3.80. The summed E-state index contributed by atoms with van der Waals surface area (Å²) >= 11 is 0. The molecular weight excluding hydrogens is 590 g/mol. The number of carboxylic acids is 2.